The van der Waals surface area contributed by atoms with Crippen LogP contribution in [0.25, 0.3) is 11.3 Å². The molecule has 28 heavy (non-hydrogen) atoms. The van der Waals surface area contributed by atoms with Crippen LogP contribution in [0.15, 0.2) is 59.8 Å². The molecule has 0 bridgehead atoms. The maximum absolute atomic E-state index is 13.3. The first-order chi connectivity index (χ1) is 13.3. The largest absolute Gasteiger partial charge is 0.465 e. The first kappa shape index (κ1) is 19.9. The van der Waals surface area contributed by atoms with E-state index in [1.807, 2.05) is 30.3 Å². The zero-order valence-corrected chi connectivity index (χ0v) is 16.5. The topological polar surface area (TPSA) is 101 Å². The number of hydrogen-bond donors (Lipinski definition) is 2. The third-order valence-electron chi connectivity index (χ3n) is 4.15. The van der Waals surface area contributed by atoms with Crippen LogP contribution in [0.5, 0.6) is 0 Å². The van der Waals surface area contributed by atoms with E-state index in [1.165, 1.54) is 22.4 Å². The van der Waals surface area contributed by atoms with E-state index in [0.717, 1.165) is 5.56 Å². The number of aryl methyl sites for hydroxylation is 1. The Bertz CT molecular complexity index is 1110. The molecule has 1 aromatic carbocycles. The van der Waals surface area contributed by atoms with Gasteiger partial charge in [0.1, 0.15) is 10.0 Å². The summed E-state index contributed by atoms with van der Waals surface area (Å²) in [4.78, 5) is 14.6. The third-order valence-corrected chi connectivity index (χ3v) is 6.18. The van der Waals surface area contributed by atoms with E-state index in [0.29, 0.717) is 23.2 Å². The van der Waals surface area contributed by atoms with Gasteiger partial charge in [-0.05, 0) is 42.2 Å². The summed E-state index contributed by atoms with van der Waals surface area (Å²) in [7, 11) is -3.92. The molecular weight excluding hydrogens is 402 g/mol. The smallest absolute Gasteiger partial charge is 0.404 e. The maximum atomic E-state index is 13.3. The standard InChI is InChI=1S/C19H18ClN3O4S/c1-13-9-16(11-22-18(13)20)28(26,27)23-12-14(7-8-21-19(24)25)10-17(23)15-5-3-2-4-6-15/h2-6,9-12,21H,7-8H2,1H3,(H,24,25). The average molecular weight is 420 g/mol. The molecule has 0 saturated carbocycles. The molecule has 0 saturated heterocycles. The highest BCUT2D eigenvalue weighted by atomic mass is 35.5. The van der Waals surface area contributed by atoms with Gasteiger partial charge in [-0.25, -0.2) is 22.2 Å². The van der Waals surface area contributed by atoms with Gasteiger partial charge in [-0.3, -0.25) is 0 Å². The Hall–Kier alpha value is -2.84. The average Bonchev–Trinajstić information content (AvgIpc) is 3.09. The van der Waals surface area contributed by atoms with Crippen molar-refractivity contribution in [2.24, 2.45) is 0 Å². The van der Waals surface area contributed by atoms with Crippen molar-refractivity contribution in [1.29, 1.82) is 0 Å². The number of nitrogens with one attached hydrogen (secondary N) is 1. The van der Waals surface area contributed by atoms with E-state index in [9.17, 15) is 13.2 Å². The minimum atomic E-state index is -3.92. The van der Waals surface area contributed by atoms with E-state index in [4.69, 9.17) is 16.7 Å². The highest BCUT2D eigenvalue weighted by Gasteiger charge is 2.23. The van der Waals surface area contributed by atoms with Crippen molar-refractivity contribution >= 4 is 27.7 Å². The first-order valence-corrected chi connectivity index (χ1v) is 10.2. The molecule has 2 aromatic heterocycles. The predicted molar refractivity (Wildman–Crippen MR) is 106 cm³/mol. The van der Waals surface area contributed by atoms with Gasteiger partial charge in [0.05, 0.1) is 5.69 Å². The maximum Gasteiger partial charge on any atom is 0.404 e. The van der Waals surface area contributed by atoms with Crippen LogP contribution in [0.4, 0.5) is 4.79 Å². The number of carboxylic acid groups (broad SMARTS) is 1. The van der Waals surface area contributed by atoms with Gasteiger partial charge in [0.25, 0.3) is 10.0 Å². The van der Waals surface area contributed by atoms with Gasteiger partial charge >= 0.3 is 6.09 Å². The molecule has 0 radical (unpaired) electrons. The number of aromatic nitrogens is 2. The number of amides is 1. The van der Waals surface area contributed by atoms with E-state index < -0.39 is 16.1 Å². The monoisotopic (exact) mass is 419 g/mol. The SMILES string of the molecule is Cc1cc(S(=O)(=O)n2cc(CCNC(=O)O)cc2-c2ccccc2)cnc1Cl. The van der Waals surface area contributed by atoms with Crippen molar-refractivity contribution in [2.45, 2.75) is 18.2 Å². The van der Waals surface area contributed by atoms with E-state index >= 15 is 0 Å². The van der Waals surface area contributed by atoms with Gasteiger partial charge in [-0.2, -0.15) is 0 Å². The van der Waals surface area contributed by atoms with Crippen LogP contribution >= 0.6 is 11.6 Å². The molecule has 9 heteroatoms. The van der Waals surface area contributed by atoms with Crippen molar-refractivity contribution in [1.82, 2.24) is 14.3 Å². The van der Waals surface area contributed by atoms with Crippen LogP contribution in [-0.4, -0.2) is 35.1 Å². The first-order valence-electron chi connectivity index (χ1n) is 8.40. The summed E-state index contributed by atoms with van der Waals surface area (Å²) in [6.07, 6.45) is 1.96. The van der Waals surface area contributed by atoms with Crippen molar-refractivity contribution in [3.8, 4) is 11.3 Å². The fourth-order valence-electron chi connectivity index (χ4n) is 2.75. The Kier molecular flexibility index (Phi) is 5.71. The van der Waals surface area contributed by atoms with Crippen molar-refractivity contribution in [3.63, 3.8) is 0 Å². The van der Waals surface area contributed by atoms with Gasteiger partial charge in [-0.15, -0.1) is 0 Å². The van der Waals surface area contributed by atoms with Crippen LogP contribution in [0.2, 0.25) is 5.15 Å². The quantitative estimate of drug-likeness (QED) is 0.595. The highest BCUT2D eigenvalue weighted by Crippen LogP contribution is 2.28. The number of halogens is 1. The third kappa shape index (κ3) is 4.18. The molecule has 0 fully saturated rings. The molecule has 7 nitrogen and oxygen atoms in total. The fourth-order valence-corrected chi connectivity index (χ4v) is 4.29. The molecule has 0 unspecified atom stereocenters. The second-order valence-corrected chi connectivity index (χ2v) is 8.33. The number of hydrogen-bond acceptors (Lipinski definition) is 4. The zero-order chi connectivity index (χ0) is 20.3. The second kappa shape index (κ2) is 8.04. The Labute approximate surface area is 167 Å². The fraction of sp³-hybridized carbons (Fsp3) is 0.158. The number of nitrogens with zero attached hydrogens (tertiary/aromatic N) is 2. The molecule has 3 rings (SSSR count). The normalized spacial score (nSPS) is 11.4. The van der Waals surface area contributed by atoms with Crippen LogP contribution in [0, 0.1) is 6.92 Å². The van der Waals surface area contributed by atoms with Crippen molar-refractivity contribution < 1.29 is 18.3 Å². The predicted octanol–water partition coefficient (Wildman–Crippen LogP) is 3.56. The molecular formula is C19H18ClN3O4S. The lowest BCUT2D eigenvalue weighted by molar-refractivity contribution is 0.194. The second-order valence-electron chi connectivity index (χ2n) is 6.16. The Balaban J connectivity index is 2.08. The summed E-state index contributed by atoms with van der Waals surface area (Å²) in [5.74, 6) is 0. The molecule has 0 aliphatic rings. The summed E-state index contributed by atoms with van der Waals surface area (Å²) in [6, 6.07) is 12.3. The lowest BCUT2D eigenvalue weighted by Gasteiger charge is -2.11. The van der Waals surface area contributed by atoms with Crippen LogP contribution in [0.1, 0.15) is 11.1 Å². The molecule has 1 amide bonds. The van der Waals surface area contributed by atoms with Crippen molar-refractivity contribution in [3.05, 3.63) is 71.1 Å². The van der Waals surface area contributed by atoms with Gasteiger partial charge in [0.15, 0.2) is 0 Å². The molecule has 0 atom stereocenters. The summed E-state index contributed by atoms with van der Waals surface area (Å²) in [6.45, 7) is 1.86. The number of rotatable bonds is 6. The summed E-state index contributed by atoms with van der Waals surface area (Å²) in [5.41, 5.74) is 2.46. The minimum Gasteiger partial charge on any atom is -0.465 e. The van der Waals surface area contributed by atoms with E-state index in [-0.39, 0.29) is 16.6 Å². The van der Waals surface area contributed by atoms with Gasteiger partial charge in [-0.1, -0.05) is 41.9 Å². The van der Waals surface area contributed by atoms with Crippen LogP contribution in [0.3, 0.4) is 0 Å². The van der Waals surface area contributed by atoms with Crippen LogP contribution < -0.4 is 5.32 Å². The van der Waals surface area contributed by atoms with Gasteiger partial charge in [0, 0.05) is 18.9 Å². The Morgan fingerprint density at radius 3 is 2.61 bits per heavy atom. The minimum absolute atomic E-state index is 0.0254. The summed E-state index contributed by atoms with van der Waals surface area (Å²) >= 11 is 5.92. The van der Waals surface area contributed by atoms with Crippen molar-refractivity contribution in [2.75, 3.05) is 6.54 Å². The summed E-state index contributed by atoms with van der Waals surface area (Å²) in [5, 5.41) is 11.3. The van der Waals surface area contributed by atoms with E-state index in [1.54, 1.807) is 13.0 Å². The van der Waals surface area contributed by atoms with Gasteiger partial charge < -0.3 is 10.4 Å². The molecule has 0 aliphatic carbocycles. The molecule has 0 spiro atoms. The number of pyridine rings is 1. The van der Waals surface area contributed by atoms with Gasteiger partial charge in [0.2, 0.25) is 0 Å². The summed E-state index contributed by atoms with van der Waals surface area (Å²) < 4.78 is 27.7. The lowest BCUT2D eigenvalue weighted by Crippen LogP contribution is -2.23. The molecule has 146 valence electrons. The Morgan fingerprint density at radius 1 is 1.25 bits per heavy atom. The molecule has 3 aromatic rings. The zero-order valence-electron chi connectivity index (χ0n) is 15.0. The number of carbonyl (C=O) groups is 1. The Morgan fingerprint density at radius 2 is 1.96 bits per heavy atom. The van der Waals surface area contributed by atoms with E-state index in [2.05, 4.69) is 10.3 Å². The molecule has 2 N–H and O–H groups in total. The van der Waals surface area contributed by atoms with Crippen LogP contribution in [-0.2, 0) is 16.4 Å². The molecule has 2 heterocycles. The highest BCUT2D eigenvalue weighted by molar-refractivity contribution is 7.90. The molecule has 0 aliphatic heterocycles. The number of benzene rings is 1. The lowest BCUT2D eigenvalue weighted by atomic mass is 10.1.